The van der Waals surface area contributed by atoms with Gasteiger partial charge in [0.15, 0.2) is 0 Å². The Morgan fingerprint density at radius 3 is 3.00 bits per heavy atom. The van der Waals surface area contributed by atoms with Crippen molar-refractivity contribution >= 4 is 5.91 Å². The molecule has 20 heavy (non-hydrogen) atoms. The second-order valence-electron chi connectivity index (χ2n) is 5.53. The van der Waals surface area contributed by atoms with E-state index in [4.69, 9.17) is 4.74 Å². The van der Waals surface area contributed by atoms with Crippen LogP contribution in [-0.4, -0.2) is 42.4 Å². The molecule has 3 N–H and O–H groups in total. The molecule has 1 aliphatic rings. The lowest BCUT2D eigenvalue weighted by molar-refractivity contribution is 0.0562. The first-order chi connectivity index (χ1) is 9.48. The van der Waals surface area contributed by atoms with Crippen LogP contribution in [0.25, 0.3) is 0 Å². The maximum atomic E-state index is 12.1. The van der Waals surface area contributed by atoms with Crippen molar-refractivity contribution in [3.8, 4) is 5.75 Å². The van der Waals surface area contributed by atoms with Crippen LogP contribution in [0.5, 0.6) is 5.75 Å². The van der Waals surface area contributed by atoms with E-state index in [1.165, 1.54) is 0 Å². The minimum atomic E-state index is -0.832. The molecular weight excluding hydrogens is 256 g/mol. The number of β-amino-alcohol motifs (C(OH)–C–C–N with tert-alkyl or cyclic N) is 1. The maximum absolute atomic E-state index is 12.1. The number of benzene rings is 1. The summed E-state index contributed by atoms with van der Waals surface area (Å²) in [5.74, 6) is 0.480. The van der Waals surface area contributed by atoms with Crippen LogP contribution in [-0.2, 0) is 0 Å². The molecule has 0 bridgehead atoms. The van der Waals surface area contributed by atoms with Crippen LogP contribution in [0, 0.1) is 0 Å². The molecule has 1 heterocycles. The molecule has 1 unspecified atom stereocenters. The molecular formula is C15H22N2O3. The van der Waals surface area contributed by atoms with E-state index in [1.54, 1.807) is 18.2 Å². The monoisotopic (exact) mass is 278 g/mol. The molecule has 0 spiro atoms. The van der Waals surface area contributed by atoms with Crippen molar-refractivity contribution in [3.05, 3.63) is 29.8 Å². The Labute approximate surface area is 119 Å². The zero-order valence-corrected chi connectivity index (χ0v) is 12.0. The van der Waals surface area contributed by atoms with Gasteiger partial charge in [-0.1, -0.05) is 6.07 Å². The Balaban J connectivity index is 1.95. The zero-order valence-electron chi connectivity index (χ0n) is 12.0. The molecule has 5 nitrogen and oxygen atoms in total. The largest absolute Gasteiger partial charge is 0.491 e. The lowest BCUT2D eigenvalue weighted by Crippen LogP contribution is -2.44. The summed E-state index contributed by atoms with van der Waals surface area (Å²) in [4.78, 5) is 12.1. The van der Waals surface area contributed by atoms with Crippen LogP contribution < -0.4 is 15.4 Å². The van der Waals surface area contributed by atoms with E-state index >= 15 is 0 Å². The minimum Gasteiger partial charge on any atom is -0.491 e. The molecule has 0 aliphatic carbocycles. The first-order valence-corrected chi connectivity index (χ1v) is 6.96. The standard InChI is InChI=1S/C15H22N2O3/c1-11(2)20-13-5-3-4-12(8-13)14(18)17-10-15(19)6-7-16-9-15/h3-5,8,11,16,19H,6-7,9-10H2,1-2H3,(H,17,18). The summed E-state index contributed by atoms with van der Waals surface area (Å²) in [5.41, 5.74) is -0.292. The summed E-state index contributed by atoms with van der Waals surface area (Å²) in [6.07, 6.45) is 0.725. The van der Waals surface area contributed by atoms with Gasteiger partial charge in [0.1, 0.15) is 5.75 Å². The molecule has 0 radical (unpaired) electrons. The number of hydrogen-bond acceptors (Lipinski definition) is 4. The molecule has 1 aromatic carbocycles. The highest BCUT2D eigenvalue weighted by Gasteiger charge is 2.31. The Morgan fingerprint density at radius 1 is 1.55 bits per heavy atom. The van der Waals surface area contributed by atoms with E-state index in [9.17, 15) is 9.90 Å². The average molecular weight is 278 g/mol. The van der Waals surface area contributed by atoms with E-state index in [0.29, 0.717) is 24.3 Å². The molecule has 0 aromatic heterocycles. The Bertz CT molecular complexity index is 468. The van der Waals surface area contributed by atoms with E-state index in [2.05, 4.69) is 10.6 Å². The molecule has 5 heteroatoms. The highest BCUT2D eigenvalue weighted by molar-refractivity contribution is 5.94. The lowest BCUT2D eigenvalue weighted by atomic mass is 10.0. The molecule has 0 saturated carbocycles. The van der Waals surface area contributed by atoms with Crippen molar-refractivity contribution in [1.82, 2.24) is 10.6 Å². The summed E-state index contributed by atoms with van der Waals surface area (Å²) in [6, 6.07) is 7.06. The molecule has 1 aliphatic heterocycles. The fraction of sp³-hybridized carbons (Fsp3) is 0.533. The zero-order chi connectivity index (χ0) is 14.6. The first kappa shape index (κ1) is 14.8. The molecule has 1 saturated heterocycles. The van der Waals surface area contributed by atoms with Crippen LogP contribution in [0.4, 0.5) is 0 Å². The molecule has 2 rings (SSSR count). The number of aliphatic hydroxyl groups is 1. The number of ether oxygens (including phenoxy) is 1. The third-order valence-electron chi connectivity index (χ3n) is 3.27. The fourth-order valence-electron chi connectivity index (χ4n) is 2.21. The van der Waals surface area contributed by atoms with Gasteiger partial charge < -0.3 is 20.5 Å². The first-order valence-electron chi connectivity index (χ1n) is 6.96. The highest BCUT2D eigenvalue weighted by atomic mass is 16.5. The third-order valence-corrected chi connectivity index (χ3v) is 3.27. The summed E-state index contributed by atoms with van der Waals surface area (Å²) in [7, 11) is 0. The number of amides is 1. The van der Waals surface area contributed by atoms with E-state index in [0.717, 1.165) is 6.54 Å². The SMILES string of the molecule is CC(C)Oc1cccc(C(=O)NCC2(O)CCNC2)c1. The van der Waals surface area contributed by atoms with Crippen molar-refractivity contribution in [3.63, 3.8) is 0 Å². The number of hydrogen-bond donors (Lipinski definition) is 3. The van der Waals surface area contributed by atoms with Gasteiger partial charge in [0.2, 0.25) is 0 Å². The van der Waals surface area contributed by atoms with E-state index in [1.807, 2.05) is 19.9 Å². The van der Waals surface area contributed by atoms with Gasteiger partial charge in [-0.25, -0.2) is 0 Å². The summed E-state index contributed by atoms with van der Waals surface area (Å²) >= 11 is 0. The Morgan fingerprint density at radius 2 is 2.35 bits per heavy atom. The number of carbonyl (C=O) groups excluding carboxylic acids is 1. The van der Waals surface area contributed by atoms with Crippen molar-refractivity contribution in [2.75, 3.05) is 19.6 Å². The maximum Gasteiger partial charge on any atom is 0.251 e. The summed E-state index contributed by atoms with van der Waals surface area (Å²) < 4.78 is 5.56. The Hall–Kier alpha value is -1.59. The second kappa shape index (κ2) is 6.24. The van der Waals surface area contributed by atoms with Gasteiger partial charge in [0, 0.05) is 18.7 Å². The molecule has 1 fully saturated rings. The van der Waals surface area contributed by atoms with Crippen LogP contribution in [0.3, 0.4) is 0 Å². The molecule has 1 atom stereocenters. The van der Waals surface area contributed by atoms with Gasteiger partial charge in [-0.2, -0.15) is 0 Å². The fourth-order valence-corrected chi connectivity index (χ4v) is 2.21. The van der Waals surface area contributed by atoms with Crippen LogP contribution in [0.1, 0.15) is 30.6 Å². The second-order valence-corrected chi connectivity index (χ2v) is 5.53. The van der Waals surface area contributed by atoms with Crippen molar-refractivity contribution in [2.45, 2.75) is 32.0 Å². The Kier molecular flexibility index (Phi) is 4.62. The topological polar surface area (TPSA) is 70.6 Å². The third kappa shape index (κ3) is 3.95. The van der Waals surface area contributed by atoms with Crippen molar-refractivity contribution in [2.24, 2.45) is 0 Å². The number of nitrogens with one attached hydrogen (secondary N) is 2. The lowest BCUT2D eigenvalue weighted by Gasteiger charge is -2.21. The smallest absolute Gasteiger partial charge is 0.251 e. The van der Waals surface area contributed by atoms with Crippen LogP contribution in [0.15, 0.2) is 24.3 Å². The summed E-state index contributed by atoms with van der Waals surface area (Å²) in [6.45, 7) is 5.44. The van der Waals surface area contributed by atoms with Crippen LogP contribution in [0.2, 0.25) is 0 Å². The predicted octanol–water partition coefficient (Wildman–Crippen LogP) is 0.928. The number of carbonyl (C=O) groups is 1. The van der Waals surface area contributed by atoms with Gasteiger partial charge in [-0.05, 0) is 45.0 Å². The predicted molar refractivity (Wildman–Crippen MR) is 77.0 cm³/mol. The molecule has 1 amide bonds. The highest BCUT2D eigenvalue weighted by Crippen LogP contribution is 2.16. The summed E-state index contributed by atoms with van der Waals surface area (Å²) in [5, 5.41) is 16.0. The van der Waals surface area contributed by atoms with Gasteiger partial charge in [-0.15, -0.1) is 0 Å². The van der Waals surface area contributed by atoms with Gasteiger partial charge in [-0.3, -0.25) is 4.79 Å². The molecule has 110 valence electrons. The quantitative estimate of drug-likeness (QED) is 0.749. The van der Waals surface area contributed by atoms with Gasteiger partial charge in [0.05, 0.1) is 11.7 Å². The van der Waals surface area contributed by atoms with Gasteiger partial charge >= 0.3 is 0 Å². The van der Waals surface area contributed by atoms with Crippen molar-refractivity contribution < 1.29 is 14.6 Å². The normalized spacial score (nSPS) is 22.0. The van der Waals surface area contributed by atoms with E-state index in [-0.39, 0.29) is 18.6 Å². The molecule has 1 aromatic rings. The number of rotatable bonds is 5. The minimum absolute atomic E-state index is 0.0681. The van der Waals surface area contributed by atoms with Gasteiger partial charge in [0.25, 0.3) is 5.91 Å². The van der Waals surface area contributed by atoms with Crippen molar-refractivity contribution in [1.29, 1.82) is 0 Å². The average Bonchev–Trinajstić information content (AvgIpc) is 2.83. The van der Waals surface area contributed by atoms with Crippen LogP contribution >= 0.6 is 0 Å². The van der Waals surface area contributed by atoms with E-state index < -0.39 is 5.60 Å².